The first-order valence-corrected chi connectivity index (χ1v) is 11.0. The van der Waals surface area contributed by atoms with Crippen molar-refractivity contribution in [1.29, 1.82) is 0 Å². The molecule has 2 saturated heterocycles. The van der Waals surface area contributed by atoms with Crippen molar-refractivity contribution in [2.45, 2.75) is 45.1 Å². The predicted molar refractivity (Wildman–Crippen MR) is 117 cm³/mol. The normalized spacial score (nSPS) is 21.5. The van der Waals surface area contributed by atoms with Crippen molar-refractivity contribution >= 4 is 46.2 Å². The molecule has 5 nitrogen and oxygen atoms in total. The van der Waals surface area contributed by atoms with Crippen LogP contribution in [0.4, 0.5) is 0 Å². The molecular weight excluding hydrogens is 392 g/mol. The van der Waals surface area contributed by atoms with Gasteiger partial charge in [0.25, 0.3) is 5.91 Å². The van der Waals surface area contributed by atoms with Gasteiger partial charge in [-0.15, -0.1) is 0 Å². The third-order valence-electron chi connectivity index (χ3n) is 5.27. The van der Waals surface area contributed by atoms with Gasteiger partial charge in [-0.1, -0.05) is 49.1 Å². The molecule has 2 fully saturated rings. The number of carbonyl (C=O) groups excluding carboxylic acids is 2. The van der Waals surface area contributed by atoms with Crippen LogP contribution >= 0.6 is 24.0 Å². The monoisotopic (exact) mass is 418 g/mol. The second-order valence-corrected chi connectivity index (χ2v) is 8.65. The second kappa shape index (κ2) is 9.56. The van der Waals surface area contributed by atoms with Crippen molar-refractivity contribution in [1.82, 2.24) is 9.80 Å². The lowest BCUT2D eigenvalue weighted by atomic mass is 9.99. The van der Waals surface area contributed by atoms with Crippen LogP contribution in [0.15, 0.2) is 29.2 Å². The van der Waals surface area contributed by atoms with Crippen molar-refractivity contribution in [3.8, 4) is 5.75 Å². The van der Waals surface area contributed by atoms with Crippen LogP contribution < -0.4 is 4.74 Å². The molecule has 0 spiro atoms. The Morgan fingerprint density at radius 2 is 2.14 bits per heavy atom. The molecule has 2 aliphatic heterocycles. The number of nitrogens with zero attached hydrogens (tertiary/aromatic N) is 2. The molecule has 2 heterocycles. The number of hydrogen-bond donors (Lipinski definition) is 0. The minimum absolute atomic E-state index is 0.120. The summed E-state index contributed by atoms with van der Waals surface area (Å²) in [4.78, 5) is 29.6. The van der Waals surface area contributed by atoms with Crippen molar-refractivity contribution in [3.05, 3.63) is 34.7 Å². The molecule has 7 heteroatoms. The van der Waals surface area contributed by atoms with Crippen LogP contribution in [0.5, 0.6) is 5.75 Å². The van der Waals surface area contributed by atoms with Crippen LogP contribution in [0.3, 0.4) is 0 Å². The maximum absolute atomic E-state index is 12.8. The van der Waals surface area contributed by atoms with Crippen molar-refractivity contribution < 1.29 is 14.3 Å². The summed E-state index contributed by atoms with van der Waals surface area (Å²) in [5, 5.41) is 0. The van der Waals surface area contributed by atoms with E-state index in [0.717, 1.165) is 31.4 Å². The Bertz CT molecular complexity index is 794. The Hall–Kier alpha value is -1.86. The van der Waals surface area contributed by atoms with E-state index >= 15 is 0 Å². The Morgan fingerprint density at radius 3 is 2.89 bits per heavy atom. The number of piperidine rings is 1. The predicted octanol–water partition coefficient (Wildman–Crippen LogP) is 4.08. The van der Waals surface area contributed by atoms with E-state index in [1.165, 1.54) is 18.2 Å². The van der Waals surface area contributed by atoms with E-state index in [-0.39, 0.29) is 11.8 Å². The molecule has 0 saturated carbocycles. The molecule has 28 heavy (non-hydrogen) atoms. The molecule has 0 bridgehead atoms. The molecule has 0 aromatic heterocycles. The van der Waals surface area contributed by atoms with Crippen LogP contribution in [0.2, 0.25) is 0 Å². The third kappa shape index (κ3) is 4.58. The van der Waals surface area contributed by atoms with Gasteiger partial charge >= 0.3 is 0 Å². The maximum atomic E-state index is 12.8. The van der Waals surface area contributed by atoms with Gasteiger partial charge in [0.2, 0.25) is 5.91 Å². The largest absolute Gasteiger partial charge is 0.496 e. The first kappa shape index (κ1) is 20.9. The molecule has 0 N–H and O–H groups in total. The van der Waals surface area contributed by atoms with Gasteiger partial charge in [0.05, 0.1) is 12.0 Å². The van der Waals surface area contributed by atoms with E-state index in [1.807, 2.05) is 29.2 Å². The number of rotatable bonds is 6. The smallest absolute Gasteiger partial charge is 0.266 e. The maximum Gasteiger partial charge on any atom is 0.266 e. The topological polar surface area (TPSA) is 49.9 Å². The molecule has 2 aliphatic rings. The van der Waals surface area contributed by atoms with E-state index in [9.17, 15) is 9.59 Å². The number of hydrogen-bond acceptors (Lipinski definition) is 5. The number of ether oxygens (including phenoxy) is 1. The Morgan fingerprint density at radius 1 is 1.36 bits per heavy atom. The van der Waals surface area contributed by atoms with Crippen LogP contribution in [0.1, 0.15) is 44.6 Å². The van der Waals surface area contributed by atoms with E-state index in [2.05, 4.69) is 6.92 Å². The minimum atomic E-state index is -0.139. The molecule has 1 aromatic rings. The van der Waals surface area contributed by atoms with Crippen LogP contribution in [0, 0.1) is 0 Å². The van der Waals surface area contributed by atoms with Crippen molar-refractivity contribution in [2.24, 2.45) is 0 Å². The third-order valence-corrected chi connectivity index (χ3v) is 6.64. The highest BCUT2D eigenvalue weighted by molar-refractivity contribution is 8.26. The lowest BCUT2D eigenvalue weighted by molar-refractivity contribution is -0.135. The summed E-state index contributed by atoms with van der Waals surface area (Å²) in [6.07, 6.45) is 6.41. The highest BCUT2D eigenvalue weighted by Crippen LogP contribution is 2.34. The standard InChI is InChI=1S/C21H26N2O3S2/c1-3-16-9-6-7-12-22(16)19(24)11-13-23-20(25)18(28-21(23)27)14-15-8-4-5-10-17(15)26-2/h4-5,8,10,14,16H,3,6-7,9,11-13H2,1-2H3/b18-14-. The lowest BCUT2D eigenvalue weighted by Crippen LogP contribution is -2.44. The number of methoxy groups -OCH3 is 1. The fourth-order valence-electron chi connectivity index (χ4n) is 3.72. The summed E-state index contributed by atoms with van der Waals surface area (Å²) in [5.74, 6) is 0.687. The zero-order chi connectivity index (χ0) is 20.1. The molecular formula is C21H26N2O3S2. The number of thiocarbonyl (C=S) groups is 1. The van der Waals surface area contributed by atoms with Crippen molar-refractivity contribution in [2.75, 3.05) is 20.2 Å². The number of thioether (sulfide) groups is 1. The van der Waals surface area contributed by atoms with Gasteiger partial charge in [-0.05, 0) is 37.8 Å². The zero-order valence-corrected chi connectivity index (χ0v) is 18.0. The fraction of sp³-hybridized carbons (Fsp3) is 0.476. The lowest BCUT2D eigenvalue weighted by Gasteiger charge is -2.35. The first-order chi connectivity index (χ1) is 13.5. The molecule has 1 unspecified atom stereocenters. The highest BCUT2D eigenvalue weighted by atomic mass is 32.2. The average Bonchev–Trinajstić information content (AvgIpc) is 2.99. The molecule has 1 aromatic carbocycles. The van der Waals surface area contributed by atoms with E-state index < -0.39 is 0 Å². The molecule has 1 atom stereocenters. The van der Waals surface area contributed by atoms with Gasteiger partial charge in [-0.3, -0.25) is 14.5 Å². The Balaban J connectivity index is 1.65. The molecule has 0 aliphatic carbocycles. The van der Waals surface area contributed by atoms with Crippen LogP contribution in [-0.2, 0) is 9.59 Å². The quantitative estimate of drug-likeness (QED) is 0.515. The number of carbonyl (C=O) groups is 2. The molecule has 150 valence electrons. The Labute approximate surface area is 176 Å². The number of benzene rings is 1. The molecule has 0 radical (unpaired) electrons. The minimum Gasteiger partial charge on any atom is -0.496 e. The summed E-state index contributed by atoms with van der Waals surface area (Å²) < 4.78 is 5.85. The summed E-state index contributed by atoms with van der Waals surface area (Å²) in [7, 11) is 1.60. The summed E-state index contributed by atoms with van der Waals surface area (Å²) in [6.45, 7) is 3.28. The van der Waals surface area contributed by atoms with Gasteiger partial charge in [0.15, 0.2) is 0 Å². The average molecular weight is 419 g/mol. The van der Waals surface area contributed by atoms with E-state index in [1.54, 1.807) is 18.1 Å². The molecule has 3 rings (SSSR count). The van der Waals surface area contributed by atoms with Gasteiger partial charge in [0.1, 0.15) is 10.1 Å². The number of amides is 2. The fourth-order valence-corrected chi connectivity index (χ4v) is 5.02. The van der Waals surface area contributed by atoms with Gasteiger partial charge in [-0.25, -0.2) is 0 Å². The van der Waals surface area contributed by atoms with Crippen LogP contribution in [-0.4, -0.2) is 52.2 Å². The highest BCUT2D eigenvalue weighted by Gasteiger charge is 2.33. The molecule has 2 amide bonds. The zero-order valence-electron chi connectivity index (χ0n) is 16.3. The SMILES string of the molecule is CCC1CCCCN1C(=O)CCN1C(=O)/C(=C/c2ccccc2OC)SC1=S. The first-order valence-electron chi connectivity index (χ1n) is 9.73. The van der Waals surface area contributed by atoms with E-state index in [4.69, 9.17) is 17.0 Å². The van der Waals surface area contributed by atoms with Gasteiger partial charge < -0.3 is 9.64 Å². The van der Waals surface area contributed by atoms with E-state index in [0.29, 0.717) is 34.0 Å². The Kier molecular flexibility index (Phi) is 7.13. The summed E-state index contributed by atoms with van der Waals surface area (Å²) in [6, 6.07) is 7.87. The number of para-hydroxylation sites is 1. The number of likely N-dealkylation sites (tertiary alicyclic amines) is 1. The van der Waals surface area contributed by atoms with Gasteiger partial charge in [-0.2, -0.15) is 0 Å². The van der Waals surface area contributed by atoms with Gasteiger partial charge in [0, 0.05) is 31.1 Å². The second-order valence-electron chi connectivity index (χ2n) is 6.97. The van der Waals surface area contributed by atoms with Crippen molar-refractivity contribution in [3.63, 3.8) is 0 Å². The summed E-state index contributed by atoms with van der Waals surface area (Å²) >= 11 is 6.67. The van der Waals surface area contributed by atoms with Crippen LogP contribution in [0.25, 0.3) is 6.08 Å². The summed E-state index contributed by atoms with van der Waals surface area (Å²) in [5.41, 5.74) is 0.834.